The third-order valence-corrected chi connectivity index (χ3v) is 4.74. The Morgan fingerprint density at radius 3 is 2.53 bits per heavy atom. The summed E-state index contributed by atoms with van der Waals surface area (Å²) in [4.78, 5) is 13.1. The first-order valence-corrected chi connectivity index (χ1v) is 7.05. The number of piperidine rings is 1. The molecule has 104 valence electrons. The van der Waals surface area contributed by atoms with Gasteiger partial charge >= 0.3 is 5.97 Å². The van der Waals surface area contributed by atoms with E-state index in [0.29, 0.717) is 12.0 Å². The second kappa shape index (κ2) is 5.33. The van der Waals surface area contributed by atoms with Crippen molar-refractivity contribution in [2.75, 3.05) is 13.6 Å². The van der Waals surface area contributed by atoms with Gasteiger partial charge in [-0.2, -0.15) is 0 Å². The standard InChI is InChI=1S/C16H23NO2/c1-12-13(2)17(4)11-10-16(12,19-14(3)18)15-8-6-5-7-9-15/h5-9,12-13H,10-11H2,1-4H3/p+1/t12-,13+,16+/m0/s1. The third-order valence-electron chi connectivity index (χ3n) is 4.74. The lowest BCUT2D eigenvalue weighted by atomic mass is 9.73. The summed E-state index contributed by atoms with van der Waals surface area (Å²) in [5.41, 5.74) is 0.656. The van der Waals surface area contributed by atoms with E-state index in [1.54, 1.807) is 0 Å². The van der Waals surface area contributed by atoms with Gasteiger partial charge in [0.05, 0.1) is 25.6 Å². The molecule has 0 amide bonds. The van der Waals surface area contributed by atoms with Crippen molar-refractivity contribution < 1.29 is 14.4 Å². The largest absolute Gasteiger partial charge is 0.454 e. The molecule has 1 aliphatic rings. The second-order valence-corrected chi connectivity index (χ2v) is 5.77. The molecule has 1 heterocycles. The summed E-state index contributed by atoms with van der Waals surface area (Å²) in [5.74, 6) is 0.106. The van der Waals surface area contributed by atoms with E-state index < -0.39 is 5.60 Å². The van der Waals surface area contributed by atoms with Gasteiger partial charge in [-0.1, -0.05) is 37.3 Å². The maximum Gasteiger partial charge on any atom is 0.303 e. The summed E-state index contributed by atoms with van der Waals surface area (Å²) in [6.07, 6.45) is 0.883. The van der Waals surface area contributed by atoms with Crippen LogP contribution in [0.25, 0.3) is 0 Å². The van der Waals surface area contributed by atoms with E-state index in [-0.39, 0.29) is 5.97 Å². The average Bonchev–Trinajstić information content (AvgIpc) is 2.40. The first kappa shape index (κ1) is 14.1. The van der Waals surface area contributed by atoms with E-state index in [4.69, 9.17) is 4.74 Å². The summed E-state index contributed by atoms with van der Waals surface area (Å²) in [7, 11) is 2.21. The van der Waals surface area contributed by atoms with Crippen LogP contribution in [0.1, 0.15) is 32.8 Å². The van der Waals surface area contributed by atoms with Gasteiger partial charge in [-0.05, 0) is 12.5 Å². The summed E-state index contributed by atoms with van der Waals surface area (Å²) in [5, 5.41) is 0. The number of likely N-dealkylation sites (tertiary alicyclic amines) is 1. The zero-order chi connectivity index (χ0) is 14.0. The third kappa shape index (κ3) is 2.52. The molecule has 1 aliphatic heterocycles. The number of rotatable bonds is 2. The van der Waals surface area contributed by atoms with E-state index in [1.165, 1.54) is 11.8 Å². The molecule has 0 bridgehead atoms. The molecule has 3 nitrogen and oxygen atoms in total. The molecule has 2 rings (SSSR count). The Morgan fingerprint density at radius 1 is 1.32 bits per heavy atom. The number of carbonyl (C=O) groups excluding carboxylic acids is 1. The number of benzene rings is 1. The minimum Gasteiger partial charge on any atom is -0.454 e. The molecule has 1 unspecified atom stereocenters. The molecule has 1 aromatic carbocycles. The lowest BCUT2D eigenvalue weighted by Gasteiger charge is -2.46. The molecule has 4 atom stereocenters. The monoisotopic (exact) mass is 262 g/mol. The van der Waals surface area contributed by atoms with Crippen LogP contribution in [0.15, 0.2) is 30.3 Å². The van der Waals surface area contributed by atoms with Gasteiger partial charge in [0.25, 0.3) is 0 Å². The highest BCUT2D eigenvalue weighted by Gasteiger charge is 2.49. The Bertz CT molecular complexity index is 445. The van der Waals surface area contributed by atoms with Gasteiger partial charge in [0.1, 0.15) is 0 Å². The lowest BCUT2D eigenvalue weighted by molar-refractivity contribution is -0.917. The van der Waals surface area contributed by atoms with E-state index in [9.17, 15) is 4.79 Å². The number of esters is 1. The van der Waals surface area contributed by atoms with Crippen molar-refractivity contribution in [1.29, 1.82) is 0 Å². The zero-order valence-electron chi connectivity index (χ0n) is 12.3. The highest BCUT2D eigenvalue weighted by Crippen LogP contribution is 2.39. The number of quaternary nitrogens is 1. The van der Waals surface area contributed by atoms with Crippen LogP contribution in [0.5, 0.6) is 0 Å². The van der Waals surface area contributed by atoms with Gasteiger partial charge in [-0.25, -0.2) is 0 Å². The molecule has 1 aromatic rings. The van der Waals surface area contributed by atoms with Crippen LogP contribution in [0, 0.1) is 5.92 Å². The molecule has 0 radical (unpaired) electrons. The van der Waals surface area contributed by atoms with Crippen molar-refractivity contribution in [3.05, 3.63) is 35.9 Å². The maximum atomic E-state index is 11.6. The Labute approximate surface area is 115 Å². The fourth-order valence-electron chi connectivity index (χ4n) is 3.26. The number of hydrogen-bond donors (Lipinski definition) is 1. The molecule has 0 aromatic heterocycles. The number of carbonyl (C=O) groups is 1. The fourth-order valence-corrected chi connectivity index (χ4v) is 3.26. The van der Waals surface area contributed by atoms with Crippen molar-refractivity contribution in [1.82, 2.24) is 0 Å². The van der Waals surface area contributed by atoms with Crippen molar-refractivity contribution in [3.8, 4) is 0 Å². The van der Waals surface area contributed by atoms with E-state index in [0.717, 1.165) is 18.5 Å². The van der Waals surface area contributed by atoms with Gasteiger partial charge in [0.2, 0.25) is 0 Å². The molecule has 1 fully saturated rings. The van der Waals surface area contributed by atoms with Crippen LogP contribution >= 0.6 is 0 Å². The SMILES string of the molecule is CC(=O)O[C@]1(c2ccccc2)CC[NH+](C)[C@H](C)[C@@H]1C. The van der Waals surface area contributed by atoms with Crippen LogP contribution < -0.4 is 4.90 Å². The van der Waals surface area contributed by atoms with Crippen LogP contribution in [0.2, 0.25) is 0 Å². The molecule has 19 heavy (non-hydrogen) atoms. The van der Waals surface area contributed by atoms with Crippen LogP contribution in [0.3, 0.4) is 0 Å². The van der Waals surface area contributed by atoms with Crippen LogP contribution in [-0.4, -0.2) is 25.6 Å². The molecule has 1 saturated heterocycles. The van der Waals surface area contributed by atoms with E-state index >= 15 is 0 Å². The molecular formula is C16H24NO2+. The number of hydrogen-bond acceptors (Lipinski definition) is 2. The van der Waals surface area contributed by atoms with Gasteiger partial charge in [-0.3, -0.25) is 4.79 Å². The van der Waals surface area contributed by atoms with Gasteiger partial charge in [0, 0.05) is 13.3 Å². The van der Waals surface area contributed by atoms with Crippen LogP contribution in [-0.2, 0) is 15.1 Å². The number of ether oxygens (including phenoxy) is 1. The Balaban J connectivity index is 2.43. The predicted molar refractivity (Wildman–Crippen MR) is 74.9 cm³/mol. The highest BCUT2D eigenvalue weighted by molar-refractivity contribution is 5.67. The predicted octanol–water partition coefficient (Wildman–Crippen LogP) is 1.39. The summed E-state index contributed by atoms with van der Waals surface area (Å²) in [6.45, 7) is 6.96. The molecule has 0 saturated carbocycles. The lowest BCUT2D eigenvalue weighted by Crippen LogP contribution is -3.15. The first-order valence-electron chi connectivity index (χ1n) is 7.05. The highest BCUT2D eigenvalue weighted by atomic mass is 16.6. The Hall–Kier alpha value is -1.35. The first-order chi connectivity index (χ1) is 8.97. The summed E-state index contributed by atoms with van der Waals surface area (Å²) < 4.78 is 5.84. The zero-order valence-corrected chi connectivity index (χ0v) is 12.3. The van der Waals surface area contributed by atoms with Gasteiger partial charge in [-0.15, -0.1) is 0 Å². The summed E-state index contributed by atoms with van der Waals surface area (Å²) >= 11 is 0. The quantitative estimate of drug-likeness (QED) is 0.817. The minimum absolute atomic E-state index is 0.192. The Morgan fingerprint density at radius 2 is 1.95 bits per heavy atom. The topological polar surface area (TPSA) is 30.7 Å². The van der Waals surface area contributed by atoms with Crippen molar-refractivity contribution in [2.24, 2.45) is 5.92 Å². The molecule has 1 N–H and O–H groups in total. The smallest absolute Gasteiger partial charge is 0.303 e. The van der Waals surface area contributed by atoms with E-state index in [1.807, 2.05) is 18.2 Å². The molecule has 3 heteroatoms. The molecule has 0 spiro atoms. The van der Waals surface area contributed by atoms with Crippen molar-refractivity contribution in [2.45, 2.75) is 38.8 Å². The molecule has 0 aliphatic carbocycles. The van der Waals surface area contributed by atoms with E-state index in [2.05, 4.69) is 33.0 Å². The normalized spacial score (nSPS) is 34.8. The molecular weight excluding hydrogens is 238 g/mol. The Kier molecular flexibility index (Phi) is 3.95. The number of nitrogens with one attached hydrogen (secondary N) is 1. The van der Waals surface area contributed by atoms with Gasteiger partial charge in [0.15, 0.2) is 5.60 Å². The van der Waals surface area contributed by atoms with Gasteiger partial charge < -0.3 is 9.64 Å². The van der Waals surface area contributed by atoms with Crippen molar-refractivity contribution in [3.63, 3.8) is 0 Å². The fraction of sp³-hybridized carbons (Fsp3) is 0.562. The van der Waals surface area contributed by atoms with Crippen LogP contribution in [0.4, 0.5) is 0 Å². The maximum absolute atomic E-state index is 11.6. The summed E-state index contributed by atoms with van der Waals surface area (Å²) in [6, 6.07) is 10.7. The second-order valence-electron chi connectivity index (χ2n) is 5.77. The average molecular weight is 262 g/mol. The van der Waals surface area contributed by atoms with Crippen molar-refractivity contribution >= 4 is 5.97 Å². The minimum atomic E-state index is -0.466.